The number of nitrogens with two attached hydrogens (primary N) is 1. The Kier molecular flexibility index (Phi) is 4.91. The first-order valence-electron chi connectivity index (χ1n) is 6.55. The molecule has 0 bridgehead atoms. The Morgan fingerprint density at radius 3 is 2.62 bits per heavy atom. The van der Waals surface area contributed by atoms with E-state index in [2.05, 4.69) is 11.8 Å². The van der Waals surface area contributed by atoms with Crippen LogP contribution in [0.4, 0.5) is 14.5 Å². The van der Waals surface area contributed by atoms with Crippen LogP contribution in [0.15, 0.2) is 42.5 Å². The van der Waals surface area contributed by atoms with Gasteiger partial charge < -0.3 is 10.6 Å². The molecule has 2 nitrogen and oxygen atoms in total. The van der Waals surface area contributed by atoms with Crippen LogP contribution in [0, 0.1) is 23.5 Å². The number of benzene rings is 2. The zero-order chi connectivity index (χ0) is 15.2. The van der Waals surface area contributed by atoms with Crippen LogP contribution >= 0.6 is 0 Å². The van der Waals surface area contributed by atoms with Gasteiger partial charge in [-0.15, -0.1) is 0 Å². The van der Waals surface area contributed by atoms with Crippen LogP contribution in [-0.4, -0.2) is 13.6 Å². The summed E-state index contributed by atoms with van der Waals surface area (Å²) in [7, 11) is 1.78. The van der Waals surface area contributed by atoms with Crippen molar-refractivity contribution in [3.05, 3.63) is 65.2 Å². The first-order chi connectivity index (χ1) is 10.1. The summed E-state index contributed by atoms with van der Waals surface area (Å²) in [5, 5.41) is 0. The monoisotopic (exact) mass is 286 g/mol. The fourth-order valence-electron chi connectivity index (χ4n) is 2.05. The third-order valence-corrected chi connectivity index (χ3v) is 3.07. The Morgan fingerprint density at radius 2 is 1.90 bits per heavy atom. The Bertz CT molecular complexity index is 687. The maximum atomic E-state index is 13.8. The van der Waals surface area contributed by atoms with Gasteiger partial charge in [0.25, 0.3) is 0 Å². The minimum atomic E-state index is -0.353. The third kappa shape index (κ3) is 3.80. The molecule has 0 saturated heterocycles. The molecule has 0 atom stereocenters. The predicted octanol–water partition coefficient (Wildman–Crippen LogP) is 2.91. The number of halogens is 2. The highest BCUT2D eigenvalue weighted by Crippen LogP contribution is 2.21. The van der Waals surface area contributed by atoms with Gasteiger partial charge in [-0.2, -0.15) is 0 Å². The minimum absolute atomic E-state index is 0.207. The van der Waals surface area contributed by atoms with Crippen molar-refractivity contribution >= 4 is 5.69 Å². The van der Waals surface area contributed by atoms with Crippen LogP contribution in [0.5, 0.6) is 0 Å². The van der Waals surface area contributed by atoms with E-state index in [1.807, 2.05) is 0 Å². The largest absolute Gasteiger partial charge is 0.368 e. The maximum Gasteiger partial charge on any atom is 0.146 e. The van der Waals surface area contributed by atoms with Gasteiger partial charge in [-0.05, 0) is 29.8 Å². The highest BCUT2D eigenvalue weighted by atomic mass is 19.1. The molecular formula is C17H16F2N2. The van der Waals surface area contributed by atoms with E-state index < -0.39 is 0 Å². The second kappa shape index (κ2) is 6.87. The van der Waals surface area contributed by atoms with E-state index in [1.165, 1.54) is 18.2 Å². The first kappa shape index (κ1) is 15.0. The van der Waals surface area contributed by atoms with E-state index >= 15 is 0 Å². The summed E-state index contributed by atoms with van der Waals surface area (Å²) in [5.74, 6) is 4.92. The van der Waals surface area contributed by atoms with Gasteiger partial charge in [0.05, 0.1) is 12.2 Å². The van der Waals surface area contributed by atoms with E-state index in [4.69, 9.17) is 5.73 Å². The molecule has 0 aliphatic heterocycles. The minimum Gasteiger partial charge on any atom is -0.368 e. The van der Waals surface area contributed by atoms with Gasteiger partial charge in [0.1, 0.15) is 11.6 Å². The molecule has 0 fully saturated rings. The van der Waals surface area contributed by atoms with Gasteiger partial charge in [-0.3, -0.25) is 0 Å². The van der Waals surface area contributed by atoms with Crippen LogP contribution in [0.3, 0.4) is 0 Å². The van der Waals surface area contributed by atoms with Crippen molar-refractivity contribution in [3.63, 3.8) is 0 Å². The van der Waals surface area contributed by atoms with Crippen molar-refractivity contribution in [2.75, 3.05) is 18.5 Å². The number of anilines is 1. The highest BCUT2D eigenvalue weighted by molar-refractivity contribution is 5.50. The van der Waals surface area contributed by atoms with Crippen LogP contribution in [0.2, 0.25) is 0 Å². The summed E-state index contributed by atoms with van der Waals surface area (Å²) in [6.07, 6.45) is 0. The fourth-order valence-corrected chi connectivity index (χ4v) is 2.05. The molecule has 2 N–H and O–H groups in total. The van der Waals surface area contributed by atoms with E-state index in [9.17, 15) is 8.78 Å². The molecule has 2 aromatic carbocycles. The van der Waals surface area contributed by atoms with Crippen molar-refractivity contribution in [3.8, 4) is 11.8 Å². The van der Waals surface area contributed by atoms with Gasteiger partial charge in [0.15, 0.2) is 0 Å². The smallest absolute Gasteiger partial charge is 0.146 e. The lowest BCUT2D eigenvalue weighted by atomic mass is 10.1. The first-order valence-corrected chi connectivity index (χ1v) is 6.55. The van der Waals surface area contributed by atoms with E-state index in [1.54, 1.807) is 36.2 Å². The standard InChI is InChI=1S/C17H16F2N2/c1-21(17-7-3-2-6-16(17)19)12-14-8-9-15(18)11-13(14)5-4-10-20/h2-3,6-9,11H,10,12,20H2,1H3. The van der Waals surface area contributed by atoms with E-state index in [-0.39, 0.29) is 18.2 Å². The molecule has 0 radical (unpaired) electrons. The normalized spacial score (nSPS) is 9.90. The summed E-state index contributed by atoms with van der Waals surface area (Å²) < 4.78 is 27.1. The van der Waals surface area contributed by atoms with Crippen LogP contribution in [-0.2, 0) is 6.54 Å². The van der Waals surface area contributed by atoms with Gasteiger partial charge in [-0.1, -0.05) is 30.0 Å². The highest BCUT2D eigenvalue weighted by Gasteiger charge is 2.10. The summed E-state index contributed by atoms with van der Waals surface area (Å²) in [6.45, 7) is 0.634. The topological polar surface area (TPSA) is 29.3 Å². The summed E-state index contributed by atoms with van der Waals surface area (Å²) in [5.41, 5.74) is 7.23. The summed E-state index contributed by atoms with van der Waals surface area (Å²) in [6, 6.07) is 10.9. The van der Waals surface area contributed by atoms with Gasteiger partial charge >= 0.3 is 0 Å². The second-order valence-corrected chi connectivity index (χ2v) is 4.61. The number of hydrogen-bond acceptors (Lipinski definition) is 2. The Morgan fingerprint density at radius 1 is 1.14 bits per heavy atom. The Hall–Kier alpha value is -2.38. The quantitative estimate of drug-likeness (QED) is 0.879. The average molecular weight is 286 g/mol. The van der Waals surface area contributed by atoms with E-state index in [0.717, 1.165) is 5.56 Å². The maximum absolute atomic E-state index is 13.8. The molecule has 0 spiro atoms. The molecule has 0 aromatic heterocycles. The lowest BCUT2D eigenvalue weighted by molar-refractivity contribution is 0.620. The zero-order valence-electron chi connectivity index (χ0n) is 11.7. The molecule has 0 amide bonds. The Labute approximate surface area is 123 Å². The molecule has 108 valence electrons. The van der Waals surface area contributed by atoms with Gasteiger partial charge in [0.2, 0.25) is 0 Å². The second-order valence-electron chi connectivity index (χ2n) is 4.61. The molecule has 0 unspecified atom stereocenters. The fraction of sp³-hybridized carbons (Fsp3) is 0.176. The number of rotatable bonds is 3. The van der Waals surface area contributed by atoms with Gasteiger partial charge in [0, 0.05) is 19.2 Å². The van der Waals surface area contributed by atoms with Crippen molar-refractivity contribution in [2.45, 2.75) is 6.54 Å². The van der Waals surface area contributed by atoms with Gasteiger partial charge in [-0.25, -0.2) is 8.78 Å². The lowest BCUT2D eigenvalue weighted by Gasteiger charge is -2.20. The zero-order valence-corrected chi connectivity index (χ0v) is 11.7. The molecular weight excluding hydrogens is 270 g/mol. The summed E-state index contributed by atoms with van der Waals surface area (Å²) >= 11 is 0. The molecule has 21 heavy (non-hydrogen) atoms. The van der Waals surface area contributed by atoms with E-state index in [0.29, 0.717) is 17.8 Å². The summed E-state index contributed by atoms with van der Waals surface area (Å²) in [4.78, 5) is 1.76. The SMILES string of the molecule is CN(Cc1ccc(F)cc1C#CCN)c1ccccc1F. The molecule has 0 aliphatic carbocycles. The van der Waals surface area contributed by atoms with Crippen molar-refractivity contribution in [1.29, 1.82) is 0 Å². The van der Waals surface area contributed by atoms with Crippen LogP contribution < -0.4 is 10.6 Å². The van der Waals surface area contributed by atoms with Crippen molar-refractivity contribution in [1.82, 2.24) is 0 Å². The molecule has 4 heteroatoms. The van der Waals surface area contributed by atoms with Crippen LogP contribution in [0.25, 0.3) is 0 Å². The number of hydrogen-bond donors (Lipinski definition) is 1. The van der Waals surface area contributed by atoms with Crippen LogP contribution in [0.1, 0.15) is 11.1 Å². The molecule has 0 aliphatic rings. The predicted molar refractivity (Wildman–Crippen MR) is 80.8 cm³/mol. The molecule has 2 aromatic rings. The molecule has 2 rings (SSSR count). The van der Waals surface area contributed by atoms with Crippen molar-refractivity contribution < 1.29 is 8.78 Å². The third-order valence-electron chi connectivity index (χ3n) is 3.07. The molecule has 0 saturated carbocycles. The molecule has 0 heterocycles. The van der Waals surface area contributed by atoms with Crippen molar-refractivity contribution in [2.24, 2.45) is 5.73 Å². The number of para-hydroxylation sites is 1. The lowest BCUT2D eigenvalue weighted by Crippen LogP contribution is -2.18. The average Bonchev–Trinajstić information content (AvgIpc) is 2.47. The number of nitrogens with zero attached hydrogens (tertiary/aromatic N) is 1. The Balaban J connectivity index is 2.29.